The van der Waals surface area contributed by atoms with E-state index in [-0.39, 0.29) is 0 Å². The molecule has 1 aromatic heterocycles. The molecule has 380 valence electrons. The van der Waals surface area contributed by atoms with Crippen LogP contribution in [-0.4, -0.2) is 54.6 Å². The van der Waals surface area contributed by atoms with Gasteiger partial charge in [0.2, 0.25) is 0 Å². The Kier molecular flexibility index (Phi) is 34.2. The van der Waals surface area contributed by atoms with Gasteiger partial charge in [0, 0.05) is 32.0 Å². The normalized spacial score (nSPS) is 13.0. The van der Waals surface area contributed by atoms with Gasteiger partial charge in [0.05, 0.1) is 39.3 Å². The van der Waals surface area contributed by atoms with Crippen molar-refractivity contribution < 1.29 is 41.7 Å². The number of nitrogens with one attached hydrogen (secondary N) is 2. The Morgan fingerprint density at radius 1 is 0.681 bits per heavy atom. The van der Waals surface area contributed by atoms with Crippen LogP contribution in [0.15, 0.2) is 108 Å². The summed E-state index contributed by atoms with van der Waals surface area (Å²) in [4.78, 5) is 13.6. The van der Waals surface area contributed by atoms with E-state index in [1.807, 2.05) is 43.5 Å². The number of rotatable bonds is 12. The van der Waals surface area contributed by atoms with Gasteiger partial charge in [-0.3, -0.25) is 0 Å². The molecule has 5 aromatic rings. The van der Waals surface area contributed by atoms with Crippen LogP contribution < -0.4 is 30.3 Å². The average molecular weight is 1180 g/mol. The molecule has 2 fully saturated rings. The third-order valence-corrected chi connectivity index (χ3v) is 15.2. The van der Waals surface area contributed by atoms with Crippen LogP contribution in [0.5, 0.6) is 11.5 Å². The van der Waals surface area contributed by atoms with E-state index in [0.717, 1.165) is 55.0 Å². The van der Waals surface area contributed by atoms with Crippen molar-refractivity contribution in [2.24, 2.45) is 4.99 Å². The Labute approximate surface area is 449 Å². The van der Waals surface area contributed by atoms with Crippen LogP contribution >= 0.6 is 76.4 Å². The summed E-state index contributed by atoms with van der Waals surface area (Å²) in [5.41, 5.74) is 8.50. The molecule has 69 heavy (non-hydrogen) atoms. The van der Waals surface area contributed by atoms with E-state index in [1.54, 1.807) is 26.6 Å². The van der Waals surface area contributed by atoms with Gasteiger partial charge in [-0.05, 0) is 127 Å². The summed E-state index contributed by atoms with van der Waals surface area (Å²) >= 11 is -3.25. The summed E-state index contributed by atoms with van der Waals surface area (Å²) < 4.78 is 20.5. The molecular weight excluding hydrogens is 1110 g/mol. The molecule has 4 aromatic carbocycles. The van der Waals surface area contributed by atoms with E-state index in [4.69, 9.17) is 84.2 Å². The zero-order valence-corrected chi connectivity index (χ0v) is 50.2. The summed E-state index contributed by atoms with van der Waals surface area (Å²) in [6, 6.07) is 31.6. The van der Waals surface area contributed by atoms with Gasteiger partial charge in [-0.1, -0.05) is 60.4 Å². The fraction of sp³-hybridized carbons (Fsp3) is 0.380. The van der Waals surface area contributed by atoms with Crippen LogP contribution in [0.3, 0.4) is 0 Å². The molecule has 0 aliphatic carbocycles. The average Bonchev–Trinajstić information content (AvgIpc) is 4.11. The molecule has 0 spiro atoms. The molecule has 0 saturated carbocycles. The Morgan fingerprint density at radius 3 is 1.46 bits per heavy atom. The molecule has 0 unspecified atom stereocenters. The van der Waals surface area contributed by atoms with Crippen molar-refractivity contribution in [1.82, 2.24) is 15.1 Å². The number of aliphatic imine (C=N–C) groups is 1. The fourth-order valence-corrected chi connectivity index (χ4v) is 11.1. The first kappa shape index (κ1) is 63.5. The maximum absolute atomic E-state index is 5.42. The first-order valence-electron chi connectivity index (χ1n) is 22.3. The number of benzene rings is 4. The van der Waals surface area contributed by atoms with Crippen LogP contribution in [0.2, 0.25) is 0 Å². The summed E-state index contributed by atoms with van der Waals surface area (Å²) in [5.74, 6) is 3.42. The Hall–Kier alpha value is -1.59. The minimum atomic E-state index is -1.62. The predicted octanol–water partition coefficient (Wildman–Crippen LogP) is 15.5. The van der Waals surface area contributed by atoms with E-state index in [0.29, 0.717) is 17.7 Å². The van der Waals surface area contributed by atoms with E-state index in [2.05, 4.69) is 136 Å². The number of methoxy groups -OCH3 is 2. The first-order chi connectivity index (χ1) is 32.9. The van der Waals surface area contributed by atoms with Crippen molar-refractivity contribution in [3.05, 3.63) is 144 Å². The van der Waals surface area contributed by atoms with E-state index >= 15 is 0 Å². The molecule has 3 heterocycles. The zero-order valence-electron chi connectivity index (χ0n) is 41.1. The van der Waals surface area contributed by atoms with Crippen molar-refractivity contribution in [3.63, 3.8) is 0 Å². The molecule has 9 nitrogen and oxygen atoms in total. The van der Waals surface area contributed by atoms with Gasteiger partial charge in [0.15, 0.2) is 8.07 Å². The van der Waals surface area contributed by atoms with Crippen molar-refractivity contribution in [1.29, 1.82) is 0 Å². The third-order valence-electron chi connectivity index (χ3n) is 9.87. The first-order valence-corrected chi connectivity index (χ1v) is 36.0. The Balaban J connectivity index is 0.000000409. The molecule has 7 rings (SSSR count). The monoisotopic (exact) mass is 1180 g/mol. The topological polar surface area (TPSA) is 99.1 Å². The summed E-state index contributed by atoms with van der Waals surface area (Å²) in [5, 5.41) is 9.82. The van der Waals surface area contributed by atoms with Crippen molar-refractivity contribution in [3.8, 4) is 11.5 Å². The predicted molar refractivity (Wildman–Crippen MR) is 298 cm³/mol. The number of aromatic nitrogens is 2. The van der Waals surface area contributed by atoms with Gasteiger partial charge in [-0.2, -0.15) is 12.8 Å². The number of aryl methyl sites for hydroxylation is 4. The number of hydrogen-bond donors (Lipinski definition) is 2. The number of halogens is 6. The molecule has 0 amide bonds. The quantitative estimate of drug-likeness (QED) is 0.0552. The summed E-state index contributed by atoms with van der Waals surface area (Å²) in [6.45, 7) is 23.2. The van der Waals surface area contributed by atoms with Crippen LogP contribution in [0, 0.1) is 40.9 Å². The summed E-state index contributed by atoms with van der Waals surface area (Å²) in [7, 11) is 30.9. The molecule has 19 heteroatoms. The maximum atomic E-state index is 5.42. The van der Waals surface area contributed by atoms with Gasteiger partial charge in [0.25, 0.3) is 5.95 Å². The van der Waals surface area contributed by atoms with Gasteiger partial charge >= 0.3 is 83.1 Å². The molecule has 0 atom stereocenters. The van der Waals surface area contributed by atoms with Crippen LogP contribution in [0.4, 0.5) is 11.6 Å². The second kappa shape index (κ2) is 37.2. The van der Waals surface area contributed by atoms with E-state index < -0.39 is 38.9 Å². The second-order valence-electron chi connectivity index (χ2n) is 16.1. The van der Waals surface area contributed by atoms with Gasteiger partial charge < -0.3 is 18.9 Å². The van der Waals surface area contributed by atoms with Crippen molar-refractivity contribution >= 4 is 105 Å². The molecule has 0 radical (unpaired) electrons. The summed E-state index contributed by atoms with van der Waals surface area (Å²) in [6.07, 6.45) is 9.01. The van der Waals surface area contributed by atoms with Gasteiger partial charge in [-0.15, -0.1) is 0 Å². The molecule has 0 bridgehead atoms. The SMILES string of the molecule is CC(C)[PH+](Nc1ncccn1)C(C)C.COc1ccc([PH+](NC(Cc2ccc(C)cc2)=Nc2c(C)cc(C)cc2C)c2ccc(OC)cc2)cc1.[CH-]1CCCO1.[CH-]1CCCO1.[Cl][Cr+]([Cl])[Cl].[Cl][Cr+]([Cl])[Cl]. The van der Waals surface area contributed by atoms with Crippen LogP contribution in [0.25, 0.3) is 0 Å². The van der Waals surface area contributed by atoms with Crippen molar-refractivity contribution in [2.75, 3.05) is 32.5 Å². The number of nitrogens with zero attached hydrogens (tertiary/aromatic N) is 3. The number of ether oxygens (including phenoxy) is 4. The van der Waals surface area contributed by atoms with Gasteiger partial charge in [-0.25, -0.2) is 38.3 Å². The van der Waals surface area contributed by atoms with Crippen molar-refractivity contribution in [2.45, 2.75) is 98.8 Å². The molecule has 2 aliphatic rings. The fourth-order valence-electron chi connectivity index (χ4n) is 6.75. The van der Waals surface area contributed by atoms with Gasteiger partial charge in [0.1, 0.15) is 27.9 Å². The van der Waals surface area contributed by atoms with E-state index in [9.17, 15) is 0 Å². The Bertz CT molecular complexity index is 2030. The molecule has 2 saturated heterocycles. The van der Waals surface area contributed by atoms with Crippen LogP contribution in [0.1, 0.15) is 81.2 Å². The van der Waals surface area contributed by atoms with E-state index in [1.165, 1.54) is 51.3 Å². The number of anilines is 1. The number of hydrogen-bond acceptors (Lipinski definition) is 8. The zero-order chi connectivity index (χ0) is 51.1. The standard InChI is InChI=1S/C32H35N2O2P.C10H18N3P.2C4H7O.6ClH.2Cr/c1-22-7-9-26(10-8-22)21-31(33-32-24(3)19-23(2)20-25(32)4)34-37(29-15-11-27(35-5)12-16-29)30-17-13-28(36-6)14-18-30;1-8(2)14(9(3)4)13-10-11-6-5-7-12-10;2*1-2-4-5-3-1;;;;;;;;/h7-20H,21H2,1-6H3,(H,33,34);5-9H,1-4H3,(H,11,12,13);2*3H,1-2,4H2;6*1H;;/q;;2*-1;;;;;;;2*+4/p-4. The second-order valence-corrected chi connectivity index (χ2v) is 34.4. The number of amidine groups is 1. The van der Waals surface area contributed by atoms with Crippen LogP contribution in [-0.2, 0) is 38.7 Å². The molecular formula is C50H69Cl6Cr2N5O4P2+2. The Morgan fingerprint density at radius 2 is 1.12 bits per heavy atom. The molecule has 2 aliphatic heterocycles. The third kappa shape index (κ3) is 28.5. The molecule has 2 N–H and O–H groups in total. The minimum absolute atomic E-state index is 0.606.